The van der Waals surface area contributed by atoms with Crippen LogP contribution in [0.1, 0.15) is 25.3 Å². The minimum atomic E-state index is -1.28. The third-order valence-electron chi connectivity index (χ3n) is 4.47. The Kier molecular flexibility index (Phi) is 6.42. The van der Waals surface area contributed by atoms with Crippen LogP contribution < -0.4 is 4.74 Å². The molecule has 24 heavy (non-hydrogen) atoms. The Morgan fingerprint density at radius 2 is 1.88 bits per heavy atom. The number of phenolic OH excluding ortho intramolecular Hbond substituents is 1. The summed E-state index contributed by atoms with van der Waals surface area (Å²) in [7, 11) is 1.47. The van der Waals surface area contributed by atoms with Gasteiger partial charge in [-0.1, -0.05) is 6.07 Å². The largest absolute Gasteiger partial charge is 0.504 e. The van der Waals surface area contributed by atoms with E-state index in [9.17, 15) is 25.5 Å². The maximum atomic E-state index is 10.2. The van der Waals surface area contributed by atoms with Crippen molar-refractivity contribution in [1.82, 2.24) is 0 Å². The topological polar surface area (TPSA) is 120 Å². The van der Waals surface area contributed by atoms with Crippen LogP contribution in [0.4, 0.5) is 0 Å². The summed E-state index contributed by atoms with van der Waals surface area (Å²) in [4.78, 5) is 0. The molecule has 0 amide bonds. The molecule has 0 spiro atoms. The van der Waals surface area contributed by atoms with Crippen molar-refractivity contribution >= 4 is 0 Å². The summed E-state index contributed by atoms with van der Waals surface area (Å²) in [6, 6.07) is 4.99. The lowest BCUT2D eigenvalue weighted by Gasteiger charge is -2.40. The molecule has 0 saturated carbocycles. The van der Waals surface area contributed by atoms with Crippen molar-refractivity contribution in [3.8, 4) is 11.5 Å². The van der Waals surface area contributed by atoms with Gasteiger partial charge in [-0.15, -0.1) is 0 Å². The molecular formula is C17H26O7. The van der Waals surface area contributed by atoms with E-state index in [1.165, 1.54) is 13.2 Å². The molecule has 1 heterocycles. The van der Waals surface area contributed by atoms with Crippen molar-refractivity contribution in [2.75, 3.05) is 7.11 Å². The highest BCUT2D eigenvalue weighted by Gasteiger charge is 2.42. The summed E-state index contributed by atoms with van der Waals surface area (Å²) in [5, 5.41) is 49.2. The summed E-state index contributed by atoms with van der Waals surface area (Å²) < 4.78 is 10.5. The van der Waals surface area contributed by atoms with Crippen molar-refractivity contribution in [2.45, 2.75) is 62.8 Å². The Bertz CT molecular complexity index is 536. The first kappa shape index (κ1) is 19.0. The van der Waals surface area contributed by atoms with Crippen LogP contribution >= 0.6 is 0 Å². The van der Waals surface area contributed by atoms with Gasteiger partial charge >= 0.3 is 0 Å². The zero-order valence-corrected chi connectivity index (χ0v) is 13.9. The van der Waals surface area contributed by atoms with Crippen molar-refractivity contribution in [3.63, 3.8) is 0 Å². The van der Waals surface area contributed by atoms with Gasteiger partial charge in [-0.25, -0.2) is 0 Å². The number of hydrogen-bond acceptors (Lipinski definition) is 7. The molecule has 1 aromatic rings. The number of aliphatic hydroxyl groups excluding tert-OH is 4. The van der Waals surface area contributed by atoms with Gasteiger partial charge in [0.25, 0.3) is 0 Å². The number of rotatable bonds is 6. The van der Waals surface area contributed by atoms with Crippen LogP contribution in [0.5, 0.6) is 11.5 Å². The second-order valence-electron chi connectivity index (χ2n) is 6.29. The number of phenols is 1. The highest BCUT2D eigenvalue weighted by Crippen LogP contribution is 2.28. The predicted octanol–water partition coefficient (Wildman–Crippen LogP) is -0.0456. The Morgan fingerprint density at radius 1 is 1.17 bits per heavy atom. The fourth-order valence-corrected chi connectivity index (χ4v) is 2.93. The fraction of sp³-hybridized carbons (Fsp3) is 0.647. The van der Waals surface area contributed by atoms with E-state index in [1.807, 2.05) is 0 Å². The molecule has 0 aliphatic carbocycles. The lowest BCUT2D eigenvalue weighted by atomic mass is 9.91. The van der Waals surface area contributed by atoms with Crippen molar-refractivity contribution < 1.29 is 35.0 Å². The first-order valence-corrected chi connectivity index (χ1v) is 8.07. The van der Waals surface area contributed by atoms with Gasteiger partial charge < -0.3 is 35.0 Å². The Morgan fingerprint density at radius 3 is 2.54 bits per heavy atom. The number of hydrogen-bond donors (Lipinski definition) is 5. The molecule has 0 radical (unpaired) electrons. The molecule has 1 saturated heterocycles. The van der Waals surface area contributed by atoms with Gasteiger partial charge in [0.1, 0.15) is 18.3 Å². The number of aryl methyl sites for hydroxylation is 1. The van der Waals surface area contributed by atoms with Gasteiger partial charge in [-0.3, -0.25) is 0 Å². The van der Waals surface area contributed by atoms with E-state index in [4.69, 9.17) is 9.47 Å². The van der Waals surface area contributed by atoms with Crippen LogP contribution in [-0.2, 0) is 11.2 Å². The van der Waals surface area contributed by atoms with Crippen LogP contribution in [0.15, 0.2) is 18.2 Å². The number of aromatic hydroxyl groups is 1. The highest BCUT2D eigenvalue weighted by molar-refractivity contribution is 5.41. The van der Waals surface area contributed by atoms with Gasteiger partial charge in [0.15, 0.2) is 11.5 Å². The van der Waals surface area contributed by atoms with Crippen LogP contribution in [0.3, 0.4) is 0 Å². The zero-order valence-electron chi connectivity index (χ0n) is 13.9. The summed E-state index contributed by atoms with van der Waals surface area (Å²) in [5.74, 6) is 0.431. The first-order valence-electron chi connectivity index (χ1n) is 8.07. The monoisotopic (exact) mass is 342 g/mol. The number of aliphatic hydroxyl groups is 4. The van der Waals surface area contributed by atoms with E-state index in [2.05, 4.69) is 0 Å². The van der Waals surface area contributed by atoms with E-state index in [0.29, 0.717) is 18.6 Å². The number of ether oxygens (including phenoxy) is 2. The van der Waals surface area contributed by atoms with E-state index >= 15 is 0 Å². The molecule has 0 bridgehead atoms. The first-order chi connectivity index (χ1) is 11.3. The molecule has 6 atom stereocenters. The average Bonchev–Trinajstić information content (AvgIpc) is 2.57. The molecule has 1 aromatic carbocycles. The van der Waals surface area contributed by atoms with E-state index in [0.717, 1.165) is 5.56 Å². The Labute approximate surface area is 141 Å². The standard InChI is InChI=1S/C17H26O7/c1-9-15(20)17(22)16(21)14(24-9)8-11(18)5-3-10-4-6-12(19)13(7-10)23-2/h4,6-7,9,11,14-22H,3,5,8H2,1-2H3/t9-,11?,14-,15-,16-,17+/m0/s1. The summed E-state index contributed by atoms with van der Waals surface area (Å²) >= 11 is 0. The molecule has 2 rings (SSSR count). The molecule has 0 aromatic heterocycles. The fourth-order valence-electron chi connectivity index (χ4n) is 2.93. The molecule has 1 unspecified atom stereocenters. The van der Waals surface area contributed by atoms with Crippen LogP contribution in [0.2, 0.25) is 0 Å². The highest BCUT2D eigenvalue weighted by atomic mass is 16.5. The van der Waals surface area contributed by atoms with Gasteiger partial charge in [-0.2, -0.15) is 0 Å². The molecule has 5 N–H and O–H groups in total. The van der Waals surface area contributed by atoms with Crippen molar-refractivity contribution in [1.29, 1.82) is 0 Å². The van der Waals surface area contributed by atoms with Gasteiger partial charge in [0.05, 0.1) is 25.4 Å². The molecule has 136 valence electrons. The van der Waals surface area contributed by atoms with E-state index in [1.54, 1.807) is 19.1 Å². The smallest absolute Gasteiger partial charge is 0.160 e. The predicted molar refractivity (Wildman–Crippen MR) is 86.0 cm³/mol. The molecule has 1 fully saturated rings. The van der Waals surface area contributed by atoms with Crippen LogP contribution in [-0.4, -0.2) is 69.3 Å². The SMILES string of the molecule is COc1cc(CCC(O)C[C@@H]2O[C@@H](C)[C@H](O)[C@@H](O)[C@H]2O)ccc1O. The summed E-state index contributed by atoms with van der Waals surface area (Å²) in [5.41, 5.74) is 0.901. The van der Waals surface area contributed by atoms with Crippen LogP contribution in [0.25, 0.3) is 0 Å². The third-order valence-corrected chi connectivity index (χ3v) is 4.47. The average molecular weight is 342 g/mol. The van der Waals surface area contributed by atoms with Gasteiger partial charge in [-0.05, 0) is 37.5 Å². The second-order valence-corrected chi connectivity index (χ2v) is 6.29. The summed E-state index contributed by atoms with van der Waals surface area (Å²) in [6.07, 6.45) is -4.60. The molecular weight excluding hydrogens is 316 g/mol. The quantitative estimate of drug-likeness (QED) is 0.492. The maximum absolute atomic E-state index is 10.2. The van der Waals surface area contributed by atoms with E-state index < -0.39 is 36.6 Å². The summed E-state index contributed by atoms with van der Waals surface area (Å²) in [6.45, 7) is 1.61. The second kappa shape index (κ2) is 8.13. The Balaban J connectivity index is 1.88. The van der Waals surface area contributed by atoms with Crippen molar-refractivity contribution in [2.24, 2.45) is 0 Å². The van der Waals surface area contributed by atoms with E-state index in [-0.39, 0.29) is 12.2 Å². The van der Waals surface area contributed by atoms with Gasteiger partial charge in [0, 0.05) is 6.42 Å². The van der Waals surface area contributed by atoms with Crippen molar-refractivity contribution in [3.05, 3.63) is 23.8 Å². The minimum absolute atomic E-state index is 0.0575. The molecule has 7 nitrogen and oxygen atoms in total. The lowest BCUT2D eigenvalue weighted by molar-refractivity contribution is -0.222. The normalized spacial score (nSPS) is 31.7. The number of benzene rings is 1. The minimum Gasteiger partial charge on any atom is -0.504 e. The van der Waals surface area contributed by atoms with Gasteiger partial charge in [0.2, 0.25) is 0 Å². The lowest BCUT2D eigenvalue weighted by Crippen LogP contribution is -2.57. The Hall–Kier alpha value is -1.38. The molecule has 1 aliphatic rings. The third kappa shape index (κ3) is 4.37. The molecule has 1 aliphatic heterocycles. The zero-order chi connectivity index (χ0) is 17.9. The molecule has 7 heteroatoms. The maximum Gasteiger partial charge on any atom is 0.160 e. The van der Waals surface area contributed by atoms with Crippen LogP contribution in [0, 0.1) is 0 Å². The number of methoxy groups -OCH3 is 1.